The molecule has 0 spiro atoms. The third-order valence-electron chi connectivity index (χ3n) is 1.76. The van der Waals surface area contributed by atoms with E-state index in [1.807, 2.05) is 6.92 Å². The van der Waals surface area contributed by atoms with Crippen molar-refractivity contribution in [1.82, 2.24) is 9.97 Å². The molecule has 76 valence electrons. The Morgan fingerprint density at radius 2 is 2.21 bits per heavy atom. The summed E-state index contributed by atoms with van der Waals surface area (Å²) >= 11 is 0. The number of hydrogen-bond acceptors (Lipinski definition) is 4. The van der Waals surface area contributed by atoms with Crippen molar-refractivity contribution in [2.75, 3.05) is 5.32 Å². The minimum atomic E-state index is -0.775. The molecular weight excluding hydrogens is 182 g/mol. The molecular formula is C9H13N3O2. The normalized spacial score (nSPS) is 12.1. The zero-order chi connectivity index (χ0) is 10.4. The summed E-state index contributed by atoms with van der Waals surface area (Å²) in [6, 6.07) is 0.108. The average molecular weight is 195 g/mol. The summed E-state index contributed by atoms with van der Waals surface area (Å²) in [5.41, 5.74) is 0.811. The summed E-state index contributed by atoms with van der Waals surface area (Å²) < 4.78 is 0. The van der Waals surface area contributed by atoms with Gasteiger partial charge in [-0.1, -0.05) is 0 Å². The summed E-state index contributed by atoms with van der Waals surface area (Å²) in [5.74, 6) is -0.775. The molecule has 14 heavy (non-hydrogen) atoms. The van der Waals surface area contributed by atoms with E-state index >= 15 is 0 Å². The second-order valence-electron chi connectivity index (χ2n) is 3.10. The van der Waals surface area contributed by atoms with Crippen molar-refractivity contribution < 1.29 is 9.90 Å². The molecule has 0 saturated heterocycles. The number of anilines is 1. The van der Waals surface area contributed by atoms with Crippen LogP contribution in [0.2, 0.25) is 0 Å². The van der Waals surface area contributed by atoms with Crippen molar-refractivity contribution in [2.45, 2.75) is 25.8 Å². The van der Waals surface area contributed by atoms with Crippen LogP contribution in [0.4, 0.5) is 5.69 Å². The first kappa shape index (κ1) is 10.4. The maximum Gasteiger partial charge on any atom is 0.303 e. The second-order valence-corrected chi connectivity index (χ2v) is 3.10. The van der Waals surface area contributed by atoms with Crippen LogP contribution in [0, 0.1) is 0 Å². The Kier molecular flexibility index (Phi) is 3.84. The molecule has 1 unspecified atom stereocenters. The van der Waals surface area contributed by atoms with E-state index in [2.05, 4.69) is 15.3 Å². The highest BCUT2D eigenvalue weighted by Crippen LogP contribution is 2.06. The molecule has 1 atom stereocenters. The molecule has 0 radical (unpaired) electrons. The van der Waals surface area contributed by atoms with E-state index in [1.54, 1.807) is 12.4 Å². The van der Waals surface area contributed by atoms with E-state index in [4.69, 9.17) is 5.11 Å². The first-order valence-corrected chi connectivity index (χ1v) is 4.42. The van der Waals surface area contributed by atoms with Gasteiger partial charge in [-0.25, -0.2) is 9.97 Å². The molecule has 0 aliphatic heterocycles. The predicted octanol–water partition coefficient (Wildman–Crippen LogP) is 1.14. The van der Waals surface area contributed by atoms with Crippen LogP contribution in [0.15, 0.2) is 18.7 Å². The molecule has 0 aromatic carbocycles. The van der Waals surface area contributed by atoms with Gasteiger partial charge in [0.05, 0.1) is 18.1 Å². The third kappa shape index (κ3) is 3.84. The smallest absolute Gasteiger partial charge is 0.303 e. The number of nitrogens with zero attached hydrogens (tertiary/aromatic N) is 2. The fourth-order valence-electron chi connectivity index (χ4n) is 1.07. The highest BCUT2D eigenvalue weighted by atomic mass is 16.4. The van der Waals surface area contributed by atoms with Crippen molar-refractivity contribution >= 4 is 11.7 Å². The van der Waals surface area contributed by atoms with Crippen molar-refractivity contribution in [3.8, 4) is 0 Å². The molecule has 5 heteroatoms. The molecule has 0 aliphatic carbocycles. The second kappa shape index (κ2) is 5.16. The predicted molar refractivity (Wildman–Crippen MR) is 52.0 cm³/mol. The van der Waals surface area contributed by atoms with Gasteiger partial charge >= 0.3 is 5.97 Å². The summed E-state index contributed by atoms with van der Waals surface area (Å²) in [5, 5.41) is 11.6. The fraction of sp³-hybridized carbons (Fsp3) is 0.444. The Labute approximate surface area is 82.2 Å². The Morgan fingerprint density at radius 3 is 2.79 bits per heavy atom. The highest BCUT2D eigenvalue weighted by Gasteiger charge is 2.04. The van der Waals surface area contributed by atoms with Gasteiger partial charge in [-0.15, -0.1) is 0 Å². The number of hydrogen-bond donors (Lipinski definition) is 2. The summed E-state index contributed by atoms with van der Waals surface area (Å²) in [4.78, 5) is 18.0. The lowest BCUT2D eigenvalue weighted by Gasteiger charge is -2.12. The molecule has 5 nitrogen and oxygen atoms in total. The number of aromatic nitrogens is 2. The standard InChI is InChI=1S/C9H13N3O2/c1-7(2-3-9(13)14)12-8-4-10-6-11-5-8/h4-7,12H,2-3H2,1H3,(H,13,14). The third-order valence-corrected chi connectivity index (χ3v) is 1.76. The molecule has 0 bridgehead atoms. The molecule has 0 amide bonds. The van der Waals surface area contributed by atoms with E-state index in [0.29, 0.717) is 6.42 Å². The number of carboxylic acids is 1. The van der Waals surface area contributed by atoms with Crippen molar-refractivity contribution in [2.24, 2.45) is 0 Å². The SMILES string of the molecule is CC(CCC(=O)O)Nc1cncnc1. The molecule has 1 heterocycles. The van der Waals surface area contributed by atoms with Crippen molar-refractivity contribution in [1.29, 1.82) is 0 Å². The maximum atomic E-state index is 10.3. The summed E-state index contributed by atoms with van der Waals surface area (Å²) in [7, 11) is 0. The van der Waals surface area contributed by atoms with Gasteiger partial charge < -0.3 is 10.4 Å². The Morgan fingerprint density at radius 1 is 1.57 bits per heavy atom. The van der Waals surface area contributed by atoms with Crippen LogP contribution >= 0.6 is 0 Å². The maximum absolute atomic E-state index is 10.3. The first-order valence-electron chi connectivity index (χ1n) is 4.42. The van der Waals surface area contributed by atoms with E-state index in [1.165, 1.54) is 6.33 Å². The number of carboxylic acid groups (broad SMARTS) is 1. The quantitative estimate of drug-likeness (QED) is 0.736. The number of nitrogens with one attached hydrogen (secondary N) is 1. The Hall–Kier alpha value is -1.65. The zero-order valence-corrected chi connectivity index (χ0v) is 7.97. The summed E-state index contributed by atoms with van der Waals surface area (Å²) in [6.07, 6.45) is 5.52. The van der Waals surface area contributed by atoms with E-state index in [9.17, 15) is 4.79 Å². The molecule has 0 saturated carbocycles. The van der Waals surface area contributed by atoms with Crippen molar-refractivity contribution in [3.05, 3.63) is 18.7 Å². The monoisotopic (exact) mass is 195 g/mol. The number of carbonyl (C=O) groups is 1. The van der Waals surface area contributed by atoms with Gasteiger partial charge in [0.2, 0.25) is 0 Å². The lowest BCUT2D eigenvalue weighted by Crippen LogP contribution is -2.16. The first-order chi connectivity index (χ1) is 6.68. The molecule has 1 aromatic rings. The van der Waals surface area contributed by atoms with E-state index in [-0.39, 0.29) is 12.5 Å². The Bertz CT molecular complexity index is 289. The number of rotatable bonds is 5. The van der Waals surface area contributed by atoms with Gasteiger partial charge in [-0.05, 0) is 13.3 Å². The zero-order valence-electron chi connectivity index (χ0n) is 7.97. The lowest BCUT2D eigenvalue weighted by molar-refractivity contribution is -0.137. The fourth-order valence-corrected chi connectivity index (χ4v) is 1.07. The van der Waals surface area contributed by atoms with Crippen LogP contribution in [0.5, 0.6) is 0 Å². The highest BCUT2D eigenvalue weighted by molar-refractivity contribution is 5.66. The van der Waals surface area contributed by atoms with Crippen LogP contribution in [-0.2, 0) is 4.79 Å². The topological polar surface area (TPSA) is 75.1 Å². The minimum absolute atomic E-state index is 0.108. The summed E-state index contributed by atoms with van der Waals surface area (Å²) in [6.45, 7) is 1.93. The minimum Gasteiger partial charge on any atom is -0.481 e. The van der Waals surface area contributed by atoms with Gasteiger partial charge in [0.25, 0.3) is 0 Å². The van der Waals surface area contributed by atoms with Gasteiger partial charge in [0.1, 0.15) is 6.33 Å². The Balaban J connectivity index is 2.34. The van der Waals surface area contributed by atoms with Gasteiger partial charge in [-0.3, -0.25) is 4.79 Å². The average Bonchev–Trinajstić information content (AvgIpc) is 2.16. The largest absolute Gasteiger partial charge is 0.481 e. The molecule has 0 fully saturated rings. The van der Waals surface area contributed by atoms with Crippen LogP contribution in [0.1, 0.15) is 19.8 Å². The van der Waals surface area contributed by atoms with E-state index < -0.39 is 5.97 Å². The van der Waals surface area contributed by atoms with Crippen LogP contribution in [0.3, 0.4) is 0 Å². The molecule has 1 rings (SSSR count). The lowest BCUT2D eigenvalue weighted by atomic mass is 10.2. The van der Waals surface area contributed by atoms with Crippen LogP contribution < -0.4 is 5.32 Å². The van der Waals surface area contributed by atoms with Gasteiger partial charge in [0.15, 0.2) is 0 Å². The molecule has 1 aromatic heterocycles. The molecule has 0 aliphatic rings. The van der Waals surface area contributed by atoms with Crippen LogP contribution in [0.25, 0.3) is 0 Å². The van der Waals surface area contributed by atoms with Crippen LogP contribution in [-0.4, -0.2) is 27.1 Å². The number of aliphatic carboxylic acids is 1. The van der Waals surface area contributed by atoms with Gasteiger partial charge in [0, 0.05) is 12.5 Å². The van der Waals surface area contributed by atoms with Gasteiger partial charge in [-0.2, -0.15) is 0 Å². The van der Waals surface area contributed by atoms with Crippen molar-refractivity contribution in [3.63, 3.8) is 0 Å². The van der Waals surface area contributed by atoms with E-state index in [0.717, 1.165) is 5.69 Å². The molecule has 2 N–H and O–H groups in total.